The van der Waals surface area contributed by atoms with Gasteiger partial charge in [0.15, 0.2) is 11.5 Å². The van der Waals surface area contributed by atoms with Crippen molar-refractivity contribution < 1.29 is 23.9 Å². The molecule has 1 aliphatic rings. The number of hydrogen-bond acceptors (Lipinski definition) is 5. The molecule has 1 saturated heterocycles. The molecule has 0 bridgehead atoms. The highest BCUT2D eigenvalue weighted by Crippen LogP contribution is 2.33. The Bertz CT molecular complexity index is 973. The van der Waals surface area contributed by atoms with E-state index in [2.05, 4.69) is 10.6 Å². The number of carbonyl (C=O) groups excluding carboxylic acids is 3. The Morgan fingerprint density at radius 1 is 1.10 bits per heavy atom. The van der Waals surface area contributed by atoms with Crippen molar-refractivity contribution in [3.8, 4) is 11.5 Å². The van der Waals surface area contributed by atoms with Crippen LogP contribution in [0.15, 0.2) is 36.4 Å². The van der Waals surface area contributed by atoms with Crippen molar-refractivity contribution in [1.82, 2.24) is 5.32 Å². The summed E-state index contributed by atoms with van der Waals surface area (Å²) in [6.07, 6.45) is 0. The average molecular weight is 397 g/mol. The second-order valence-corrected chi connectivity index (χ2v) is 6.69. The smallest absolute Gasteiger partial charge is 0.328 e. The summed E-state index contributed by atoms with van der Waals surface area (Å²) in [5.74, 6) is -1.31. The first-order valence-corrected chi connectivity index (χ1v) is 9.08. The van der Waals surface area contributed by atoms with Gasteiger partial charge in [-0.1, -0.05) is 12.1 Å². The van der Waals surface area contributed by atoms with Crippen LogP contribution >= 0.6 is 0 Å². The number of aryl methyl sites for hydroxylation is 1. The molecule has 1 fully saturated rings. The number of ether oxygens (including phenoxy) is 2. The maximum atomic E-state index is 13.0. The summed E-state index contributed by atoms with van der Waals surface area (Å²) in [5, 5.41) is 5.40. The minimum atomic E-state index is -1.05. The highest BCUT2D eigenvalue weighted by atomic mass is 16.5. The topological polar surface area (TPSA) is 97.0 Å². The Morgan fingerprint density at radius 3 is 2.52 bits per heavy atom. The predicted octanol–water partition coefficient (Wildman–Crippen LogP) is 2.63. The molecular weight excluding hydrogens is 374 g/mol. The van der Waals surface area contributed by atoms with Gasteiger partial charge in [-0.2, -0.15) is 0 Å². The first-order chi connectivity index (χ1) is 13.9. The summed E-state index contributed by atoms with van der Waals surface area (Å²) in [7, 11) is 2.95. The molecule has 29 heavy (non-hydrogen) atoms. The normalized spacial score (nSPS) is 16.3. The maximum absolute atomic E-state index is 13.0. The van der Waals surface area contributed by atoms with E-state index in [9.17, 15) is 14.4 Å². The molecule has 3 rings (SSSR count). The second kappa shape index (κ2) is 8.22. The van der Waals surface area contributed by atoms with Gasteiger partial charge < -0.3 is 20.1 Å². The van der Waals surface area contributed by atoms with Crippen LogP contribution in [0.1, 0.15) is 11.1 Å². The van der Waals surface area contributed by atoms with Gasteiger partial charge in [0.2, 0.25) is 11.8 Å². The van der Waals surface area contributed by atoms with Crippen LogP contribution in [0.25, 0.3) is 0 Å². The van der Waals surface area contributed by atoms with Crippen molar-refractivity contribution in [2.24, 2.45) is 5.92 Å². The maximum Gasteiger partial charge on any atom is 0.328 e. The van der Waals surface area contributed by atoms with Crippen molar-refractivity contribution >= 4 is 29.2 Å². The van der Waals surface area contributed by atoms with Crippen LogP contribution in [0.2, 0.25) is 0 Å². The molecule has 0 aromatic heterocycles. The summed E-state index contributed by atoms with van der Waals surface area (Å²) >= 11 is 0. The van der Waals surface area contributed by atoms with Crippen molar-refractivity contribution in [3.63, 3.8) is 0 Å². The van der Waals surface area contributed by atoms with E-state index in [1.807, 2.05) is 26.0 Å². The molecule has 2 aromatic rings. The quantitative estimate of drug-likeness (QED) is 0.756. The number of nitrogens with zero attached hydrogens (tertiary/aromatic N) is 1. The van der Waals surface area contributed by atoms with Crippen LogP contribution in [0.3, 0.4) is 0 Å². The third-order valence-electron chi connectivity index (χ3n) is 4.98. The molecule has 1 aliphatic heterocycles. The molecule has 0 radical (unpaired) electrons. The molecule has 0 aliphatic carbocycles. The predicted molar refractivity (Wildman–Crippen MR) is 108 cm³/mol. The lowest BCUT2D eigenvalue weighted by Gasteiger charge is -2.31. The molecule has 1 heterocycles. The number of benzene rings is 2. The van der Waals surface area contributed by atoms with Crippen molar-refractivity contribution in [3.05, 3.63) is 47.5 Å². The molecule has 152 valence electrons. The number of urea groups is 1. The zero-order chi connectivity index (χ0) is 21.1. The van der Waals surface area contributed by atoms with Gasteiger partial charge in [0.1, 0.15) is 5.92 Å². The largest absolute Gasteiger partial charge is 0.493 e. The lowest BCUT2D eigenvalue weighted by atomic mass is 10.0. The van der Waals surface area contributed by atoms with Crippen molar-refractivity contribution in [2.75, 3.05) is 31.0 Å². The van der Waals surface area contributed by atoms with Gasteiger partial charge >= 0.3 is 6.03 Å². The second-order valence-electron chi connectivity index (χ2n) is 6.69. The standard InChI is InChI=1S/C21H23N3O5/c1-12-6-5-7-16(13(12)2)23-19(25)15-11-22-21(27)24(20(15)26)14-8-9-17(28-3)18(10-14)29-4/h5-10,15H,11H2,1-4H3,(H,22,27)(H,23,25). The Labute approximate surface area is 168 Å². The summed E-state index contributed by atoms with van der Waals surface area (Å²) in [6.45, 7) is 3.76. The van der Waals surface area contributed by atoms with Crippen LogP contribution in [-0.2, 0) is 9.59 Å². The molecule has 0 saturated carbocycles. The van der Waals surface area contributed by atoms with E-state index in [1.165, 1.54) is 20.3 Å². The molecule has 0 spiro atoms. The first kappa shape index (κ1) is 20.2. The number of rotatable bonds is 5. The molecule has 2 N–H and O–H groups in total. The van der Waals surface area contributed by atoms with E-state index in [1.54, 1.807) is 18.2 Å². The summed E-state index contributed by atoms with van der Waals surface area (Å²) in [5.41, 5.74) is 2.87. The Morgan fingerprint density at radius 2 is 1.83 bits per heavy atom. The number of imide groups is 1. The number of anilines is 2. The van der Waals surface area contributed by atoms with Crippen LogP contribution in [0.5, 0.6) is 11.5 Å². The SMILES string of the molecule is COc1ccc(N2C(=O)NCC(C(=O)Nc3cccc(C)c3C)C2=O)cc1OC. The minimum absolute atomic E-state index is 0.0713. The van der Waals surface area contributed by atoms with Crippen molar-refractivity contribution in [1.29, 1.82) is 0 Å². The molecule has 8 heteroatoms. The fourth-order valence-corrected chi connectivity index (χ4v) is 3.13. The molecule has 2 aromatic carbocycles. The van der Waals surface area contributed by atoms with Crippen LogP contribution in [0.4, 0.5) is 16.2 Å². The lowest BCUT2D eigenvalue weighted by molar-refractivity contribution is -0.130. The molecular formula is C21H23N3O5. The van der Waals surface area contributed by atoms with E-state index >= 15 is 0 Å². The van der Waals surface area contributed by atoms with Crippen molar-refractivity contribution in [2.45, 2.75) is 13.8 Å². The third kappa shape index (κ3) is 3.87. The van der Waals surface area contributed by atoms with Gasteiger partial charge in [-0.05, 0) is 43.2 Å². The number of amides is 4. The number of methoxy groups -OCH3 is 2. The van der Waals surface area contributed by atoms with Gasteiger partial charge in [0.05, 0.1) is 19.9 Å². The summed E-state index contributed by atoms with van der Waals surface area (Å²) < 4.78 is 10.4. The van der Waals surface area contributed by atoms with Gasteiger partial charge in [0.25, 0.3) is 0 Å². The van der Waals surface area contributed by atoms with E-state index < -0.39 is 23.8 Å². The fraction of sp³-hybridized carbons (Fsp3) is 0.286. The molecule has 4 amide bonds. The highest BCUT2D eigenvalue weighted by molar-refractivity contribution is 6.23. The van der Waals surface area contributed by atoms with Gasteiger partial charge in [-0.15, -0.1) is 0 Å². The molecule has 8 nitrogen and oxygen atoms in total. The first-order valence-electron chi connectivity index (χ1n) is 9.08. The number of nitrogens with one attached hydrogen (secondary N) is 2. The van der Waals surface area contributed by atoms with Crippen LogP contribution in [-0.4, -0.2) is 38.6 Å². The fourth-order valence-electron chi connectivity index (χ4n) is 3.13. The lowest BCUT2D eigenvalue weighted by Crippen LogP contribution is -2.58. The molecule has 1 unspecified atom stereocenters. The van der Waals surface area contributed by atoms with Crippen LogP contribution < -0.4 is 25.0 Å². The summed E-state index contributed by atoms with van der Waals surface area (Å²) in [4.78, 5) is 39.1. The summed E-state index contributed by atoms with van der Waals surface area (Å²) in [6, 6.07) is 9.62. The van der Waals surface area contributed by atoms with E-state index in [4.69, 9.17) is 9.47 Å². The van der Waals surface area contributed by atoms with E-state index in [-0.39, 0.29) is 12.2 Å². The Balaban J connectivity index is 1.86. The van der Waals surface area contributed by atoms with E-state index in [0.29, 0.717) is 17.2 Å². The zero-order valence-corrected chi connectivity index (χ0v) is 16.7. The number of carbonyl (C=O) groups is 3. The van der Waals surface area contributed by atoms with Gasteiger partial charge in [0, 0.05) is 18.3 Å². The van der Waals surface area contributed by atoms with Crippen LogP contribution in [0, 0.1) is 19.8 Å². The van der Waals surface area contributed by atoms with E-state index in [0.717, 1.165) is 16.0 Å². The molecule has 1 atom stereocenters. The zero-order valence-electron chi connectivity index (χ0n) is 16.7. The monoisotopic (exact) mass is 397 g/mol. The van der Waals surface area contributed by atoms with Gasteiger partial charge in [-0.25, -0.2) is 9.69 Å². The Hall–Kier alpha value is -3.55. The van der Waals surface area contributed by atoms with Gasteiger partial charge in [-0.3, -0.25) is 9.59 Å². The third-order valence-corrected chi connectivity index (χ3v) is 4.98. The average Bonchev–Trinajstić information content (AvgIpc) is 2.71. The Kier molecular flexibility index (Phi) is 5.72. The number of hydrogen-bond donors (Lipinski definition) is 2. The minimum Gasteiger partial charge on any atom is -0.493 e. The highest BCUT2D eigenvalue weighted by Gasteiger charge is 2.40.